The molecule has 0 unspecified atom stereocenters. The standard InChI is InChI=1S/C15H21N3/c1-10-6-7-11(8-13(10)16)12-9-18(5)17-14(12)15(2,3)4/h6-9H,16H2,1-5H3. The zero-order valence-electron chi connectivity index (χ0n) is 11.8. The molecular formula is C15H21N3. The number of rotatable bonds is 1. The molecule has 0 saturated carbocycles. The van der Waals surface area contributed by atoms with Gasteiger partial charge in [0.25, 0.3) is 0 Å². The number of aryl methyl sites for hydroxylation is 2. The van der Waals surface area contributed by atoms with E-state index in [4.69, 9.17) is 5.73 Å². The predicted molar refractivity (Wildman–Crippen MR) is 76.5 cm³/mol. The van der Waals surface area contributed by atoms with E-state index in [1.165, 1.54) is 0 Å². The Balaban J connectivity index is 2.60. The van der Waals surface area contributed by atoms with Gasteiger partial charge in [0.2, 0.25) is 0 Å². The molecule has 0 atom stereocenters. The van der Waals surface area contributed by atoms with Crippen molar-refractivity contribution >= 4 is 5.69 Å². The van der Waals surface area contributed by atoms with Gasteiger partial charge in [-0.05, 0) is 24.1 Å². The summed E-state index contributed by atoms with van der Waals surface area (Å²) in [5.41, 5.74) is 11.4. The van der Waals surface area contributed by atoms with Crippen LogP contribution in [0.3, 0.4) is 0 Å². The topological polar surface area (TPSA) is 43.8 Å². The summed E-state index contributed by atoms with van der Waals surface area (Å²) < 4.78 is 1.87. The zero-order valence-corrected chi connectivity index (χ0v) is 11.8. The summed E-state index contributed by atoms with van der Waals surface area (Å²) >= 11 is 0. The smallest absolute Gasteiger partial charge is 0.0756 e. The monoisotopic (exact) mass is 243 g/mol. The van der Waals surface area contributed by atoms with Crippen LogP contribution < -0.4 is 5.73 Å². The molecule has 3 nitrogen and oxygen atoms in total. The first-order valence-corrected chi connectivity index (χ1v) is 6.19. The van der Waals surface area contributed by atoms with Crippen LogP contribution in [0.25, 0.3) is 11.1 Å². The Kier molecular flexibility index (Phi) is 2.93. The van der Waals surface area contributed by atoms with E-state index in [1.807, 2.05) is 24.7 Å². The second-order valence-electron chi connectivity index (χ2n) is 5.89. The third-order valence-corrected chi connectivity index (χ3v) is 3.13. The van der Waals surface area contributed by atoms with Crippen molar-refractivity contribution in [2.24, 2.45) is 7.05 Å². The number of nitrogen functional groups attached to an aromatic ring is 1. The SMILES string of the molecule is Cc1ccc(-c2cn(C)nc2C(C)(C)C)cc1N. The molecule has 96 valence electrons. The van der Waals surface area contributed by atoms with Crippen molar-refractivity contribution in [2.75, 3.05) is 5.73 Å². The van der Waals surface area contributed by atoms with Crippen LogP contribution in [0.15, 0.2) is 24.4 Å². The van der Waals surface area contributed by atoms with Crippen LogP contribution in [-0.2, 0) is 12.5 Å². The highest BCUT2D eigenvalue weighted by Gasteiger charge is 2.22. The Morgan fingerprint density at radius 1 is 1.22 bits per heavy atom. The third-order valence-electron chi connectivity index (χ3n) is 3.13. The first-order chi connectivity index (χ1) is 8.29. The Hall–Kier alpha value is -1.77. The van der Waals surface area contributed by atoms with E-state index in [2.05, 4.69) is 44.2 Å². The quantitative estimate of drug-likeness (QED) is 0.781. The second-order valence-corrected chi connectivity index (χ2v) is 5.89. The summed E-state index contributed by atoms with van der Waals surface area (Å²) in [6.45, 7) is 8.55. The van der Waals surface area contributed by atoms with Gasteiger partial charge in [-0.25, -0.2) is 0 Å². The summed E-state index contributed by atoms with van der Waals surface area (Å²) in [5.74, 6) is 0. The lowest BCUT2D eigenvalue weighted by atomic mass is 9.87. The fraction of sp³-hybridized carbons (Fsp3) is 0.400. The molecule has 0 bridgehead atoms. The van der Waals surface area contributed by atoms with Crippen LogP contribution in [0.5, 0.6) is 0 Å². The number of nitrogens with two attached hydrogens (primary N) is 1. The maximum Gasteiger partial charge on any atom is 0.0756 e. The van der Waals surface area contributed by atoms with Gasteiger partial charge in [0.15, 0.2) is 0 Å². The fourth-order valence-corrected chi connectivity index (χ4v) is 2.06. The number of nitrogens with zero attached hydrogens (tertiary/aromatic N) is 2. The van der Waals surface area contributed by atoms with Crippen molar-refractivity contribution in [3.05, 3.63) is 35.7 Å². The zero-order chi connectivity index (χ0) is 13.5. The Labute approximate surface area is 109 Å². The first-order valence-electron chi connectivity index (χ1n) is 6.19. The lowest BCUT2D eigenvalue weighted by molar-refractivity contribution is 0.554. The normalized spacial score (nSPS) is 11.8. The molecule has 0 aliphatic heterocycles. The minimum absolute atomic E-state index is 0.0240. The van der Waals surface area contributed by atoms with E-state index in [1.54, 1.807) is 0 Å². The molecule has 0 aliphatic rings. The van der Waals surface area contributed by atoms with Gasteiger partial charge in [0.1, 0.15) is 0 Å². The molecule has 2 N–H and O–H groups in total. The summed E-state index contributed by atoms with van der Waals surface area (Å²) in [5, 5.41) is 4.59. The summed E-state index contributed by atoms with van der Waals surface area (Å²) in [6.07, 6.45) is 2.06. The van der Waals surface area contributed by atoms with Crippen molar-refractivity contribution in [1.29, 1.82) is 0 Å². The molecular weight excluding hydrogens is 222 g/mol. The van der Waals surface area contributed by atoms with Crippen molar-refractivity contribution in [1.82, 2.24) is 9.78 Å². The van der Waals surface area contributed by atoms with Gasteiger partial charge in [-0.1, -0.05) is 32.9 Å². The molecule has 0 fully saturated rings. The van der Waals surface area contributed by atoms with Crippen molar-refractivity contribution in [2.45, 2.75) is 33.1 Å². The van der Waals surface area contributed by atoms with Gasteiger partial charge < -0.3 is 5.73 Å². The largest absolute Gasteiger partial charge is 0.398 e. The highest BCUT2D eigenvalue weighted by Crippen LogP contribution is 2.33. The average molecular weight is 243 g/mol. The maximum atomic E-state index is 6.00. The molecule has 3 heteroatoms. The Morgan fingerprint density at radius 2 is 1.89 bits per heavy atom. The van der Waals surface area contributed by atoms with Gasteiger partial charge in [0.05, 0.1) is 5.69 Å². The van der Waals surface area contributed by atoms with Crippen molar-refractivity contribution in [3.63, 3.8) is 0 Å². The van der Waals surface area contributed by atoms with Gasteiger partial charge in [-0.2, -0.15) is 5.10 Å². The van der Waals surface area contributed by atoms with Gasteiger partial charge in [0, 0.05) is 29.9 Å². The van der Waals surface area contributed by atoms with Crippen molar-refractivity contribution in [3.8, 4) is 11.1 Å². The fourth-order valence-electron chi connectivity index (χ4n) is 2.06. The van der Waals surface area contributed by atoms with E-state index in [9.17, 15) is 0 Å². The molecule has 1 aromatic heterocycles. The molecule has 0 spiro atoms. The van der Waals surface area contributed by atoms with E-state index in [0.29, 0.717) is 0 Å². The maximum absolute atomic E-state index is 6.00. The van der Waals surface area contributed by atoms with Crippen LogP contribution in [0.4, 0.5) is 5.69 Å². The third kappa shape index (κ3) is 2.26. The number of anilines is 1. The summed E-state index contributed by atoms with van der Waals surface area (Å²) in [6, 6.07) is 6.20. The number of aromatic nitrogens is 2. The van der Waals surface area contributed by atoms with E-state index < -0.39 is 0 Å². The van der Waals surface area contributed by atoms with Crippen LogP contribution in [0.1, 0.15) is 32.0 Å². The van der Waals surface area contributed by atoms with Crippen LogP contribution in [0.2, 0.25) is 0 Å². The number of hydrogen-bond donors (Lipinski definition) is 1. The van der Waals surface area contributed by atoms with Crippen LogP contribution in [-0.4, -0.2) is 9.78 Å². The molecule has 1 aromatic carbocycles. The molecule has 1 heterocycles. The molecule has 2 rings (SSSR count). The van der Waals surface area contributed by atoms with Crippen molar-refractivity contribution < 1.29 is 0 Å². The minimum Gasteiger partial charge on any atom is -0.398 e. The van der Waals surface area contributed by atoms with Crippen LogP contribution in [0, 0.1) is 6.92 Å². The Bertz CT molecular complexity index is 574. The van der Waals surface area contributed by atoms with E-state index in [-0.39, 0.29) is 5.41 Å². The lowest BCUT2D eigenvalue weighted by Gasteiger charge is -2.17. The van der Waals surface area contributed by atoms with Gasteiger partial charge in [-0.3, -0.25) is 4.68 Å². The molecule has 18 heavy (non-hydrogen) atoms. The number of hydrogen-bond acceptors (Lipinski definition) is 2. The lowest BCUT2D eigenvalue weighted by Crippen LogP contribution is -2.13. The van der Waals surface area contributed by atoms with Gasteiger partial charge in [-0.15, -0.1) is 0 Å². The molecule has 0 saturated heterocycles. The first kappa shape index (κ1) is 12.7. The highest BCUT2D eigenvalue weighted by molar-refractivity contribution is 5.71. The van der Waals surface area contributed by atoms with Gasteiger partial charge >= 0.3 is 0 Å². The number of benzene rings is 1. The molecule has 0 radical (unpaired) electrons. The predicted octanol–water partition coefficient (Wildman–Crippen LogP) is 3.28. The second kappa shape index (κ2) is 4.16. The molecule has 2 aromatic rings. The summed E-state index contributed by atoms with van der Waals surface area (Å²) in [7, 11) is 1.95. The average Bonchev–Trinajstić information content (AvgIpc) is 2.64. The molecule has 0 amide bonds. The summed E-state index contributed by atoms with van der Waals surface area (Å²) in [4.78, 5) is 0. The van der Waals surface area contributed by atoms with E-state index >= 15 is 0 Å². The molecule has 0 aliphatic carbocycles. The highest BCUT2D eigenvalue weighted by atomic mass is 15.3. The Morgan fingerprint density at radius 3 is 2.44 bits per heavy atom. The van der Waals surface area contributed by atoms with Crippen LogP contribution >= 0.6 is 0 Å². The minimum atomic E-state index is 0.0240. The van der Waals surface area contributed by atoms with E-state index in [0.717, 1.165) is 28.1 Å².